The van der Waals surface area contributed by atoms with E-state index in [4.69, 9.17) is 10.00 Å². The van der Waals surface area contributed by atoms with E-state index in [0.717, 1.165) is 29.6 Å². The zero-order chi connectivity index (χ0) is 15.1. The van der Waals surface area contributed by atoms with Gasteiger partial charge in [-0.05, 0) is 24.3 Å². The van der Waals surface area contributed by atoms with Crippen molar-refractivity contribution in [3.8, 4) is 6.07 Å². The average Bonchev–Trinajstić information content (AvgIpc) is 3.00. The van der Waals surface area contributed by atoms with Gasteiger partial charge < -0.3 is 15.0 Å². The number of hydrogen-bond donors (Lipinski definition) is 1. The molecule has 0 aliphatic rings. The monoisotopic (exact) mass is 302 g/mol. The number of ether oxygens (including phenoxy) is 1. The molecule has 0 aliphatic carbocycles. The number of thiazole rings is 1. The summed E-state index contributed by atoms with van der Waals surface area (Å²) in [6, 6.07) is 9.60. The maximum atomic E-state index is 8.82. The molecule has 1 heterocycles. The summed E-state index contributed by atoms with van der Waals surface area (Å²) in [6.07, 6.45) is 0. The average molecular weight is 302 g/mol. The van der Waals surface area contributed by atoms with E-state index in [1.54, 1.807) is 18.4 Å². The van der Waals surface area contributed by atoms with Gasteiger partial charge in [-0.15, -0.1) is 11.3 Å². The zero-order valence-electron chi connectivity index (χ0n) is 12.2. The second-order valence-electron chi connectivity index (χ2n) is 4.51. The topological polar surface area (TPSA) is 61.2 Å². The first kappa shape index (κ1) is 15.4. The molecule has 0 saturated heterocycles. The fraction of sp³-hybridized carbons (Fsp3) is 0.333. The number of hydrogen-bond acceptors (Lipinski definition) is 6. The summed E-state index contributed by atoms with van der Waals surface area (Å²) in [5, 5.41) is 15.1. The third-order valence-electron chi connectivity index (χ3n) is 3.00. The van der Waals surface area contributed by atoms with Crippen molar-refractivity contribution >= 4 is 22.2 Å². The maximum Gasteiger partial charge on any atom is 0.189 e. The van der Waals surface area contributed by atoms with Gasteiger partial charge >= 0.3 is 0 Å². The Hall–Kier alpha value is -1.94. The molecule has 2 rings (SSSR count). The maximum absolute atomic E-state index is 8.82. The summed E-state index contributed by atoms with van der Waals surface area (Å²) in [5.74, 6) is 0. The van der Waals surface area contributed by atoms with Gasteiger partial charge in [0.2, 0.25) is 0 Å². The van der Waals surface area contributed by atoms with Crippen LogP contribution < -0.4 is 10.2 Å². The molecule has 5 nitrogen and oxygen atoms in total. The van der Waals surface area contributed by atoms with Gasteiger partial charge in [-0.1, -0.05) is 0 Å². The molecule has 6 heteroatoms. The summed E-state index contributed by atoms with van der Waals surface area (Å²) >= 11 is 1.60. The van der Waals surface area contributed by atoms with Gasteiger partial charge in [-0.25, -0.2) is 4.98 Å². The van der Waals surface area contributed by atoms with Crippen LogP contribution in [0.1, 0.15) is 11.3 Å². The van der Waals surface area contributed by atoms with E-state index in [9.17, 15) is 0 Å². The van der Waals surface area contributed by atoms with Gasteiger partial charge in [-0.2, -0.15) is 5.26 Å². The van der Waals surface area contributed by atoms with Crippen molar-refractivity contribution in [3.05, 3.63) is 40.9 Å². The minimum Gasteiger partial charge on any atom is -0.383 e. The van der Waals surface area contributed by atoms with Gasteiger partial charge in [0.1, 0.15) is 0 Å². The van der Waals surface area contributed by atoms with E-state index in [1.165, 1.54) is 0 Å². The van der Waals surface area contributed by atoms with Crippen LogP contribution in [-0.2, 0) is 11.3 Å². The van der Waals surface area contributed by atoms with Crippen LogP contribution in [0.15, 0.2) is 29.6 Å². The molecule has 0 fully saturated rings. The molecule has 1 aromatic carbocycles. The molecule has 0 amide bonds. The van der Waals surface area contributed by atoms with E-state index in [0.29, 0.717) is 12.2 Å². The minimum absolute atomic E-state index is 0.661. The normalized spacial score (nSPS) is 10.3. The van der Waals surface area contributed by atoms with E-state index in [2.05, 4.69) is 21.8 Å². The van der Waals surface area contributed by atoms with Crippen molar-refractivity contribution in [2.24, 2.45) is 0 Å². The van der Waals surface area contributed by atoms with E-state index >= 15 is 0 Å². The fourth-order valence-electron chi connectivity index (χ4n) is 1.79. The Kier molecular flexibility index (Phi) is 5.69. The molecule has 0 saturated carbocycles. The van der Waals surface area contributed by atoms with Crippen molar-refractivity contribution in [1.82, 2.24) is 10.3 Å². The SMILES string of the molecule is COCCNCc1csc(N(C)c2ccc(C#N)cc2)n1. The Morgan fingerprint density at radius 1 is 1.38 bits per heavy atom. The van der Waals surface area contributed by atoms with E-state index < -0.39 is 0 Å². The number of aromatic nitrogens is 1. The molecule has 0 spiro atoms. The van der Waals surface area contributed by atoms with Crippen LogP contribution in [-0.4, -0.2) is 32.3 Å². The standard InChI is InChI=1S/C15H18N4OS/c1-19(14-5-3-12(9-16)4-6-14)15-18-13(11-21-15)10-17-7-8-20-2/h3-6,11,17H,7-8,10H2,1-2H3. The molecule has 1 N–H and O–H groups in total. The minimum atomic E-state index is 0.661. The highest BCUT2D eigenvalue weighted by atomic mass is 32.1. The summed E-state index contributed by atoms with van der Waals surface area (Å²) in [4.78, 5) is 6.62. The third-order valence-corrected chi connectivity index (χ3v) is 3.97. The van der Waals surface area contributed by atoms with Crippen LogP contribution in [0.25, 0.3) is 0 Å². The number of nitriles is 1. The van der Waals surface area contributed by atoms with Crippen LogP contribution in [0, 0.1) is 11.3 Å². The van der Waals surface area contributed by atoms with Gasteiger partial charge in [-0.3, -0.25) is 0 Å². The van der Waals surface area contributed by atoms with E-state index in [1.807, 2.05) is 36.2 Å². The highest BCUT2D eigenvalue weighted by Crippen LogP contribution is 2.26. The van der Waals surface area contributed by atoms with Crippen molar-refractivity contribution in [2.75, 3.05) is 32.2 Å². The highest BCUT2D eigenvalue weighted by Gasteiger charge is 2.09. The summed E-state index contributed by atoms with van der Waals surface area (Å²) in [7, 11) is 3.66. The smallest absolute Gasteiger partial charge is 0.189 e. The molecule has 0 radical (unpaired) electrons. The van der Waals surface area contributed by atoms with Crippen molar-refractivity contribution in [1.29, 1.82) is 5.26 Å². The Morgan fingerprint density at radius 3 is 2.81 bits per heavy atom. The number of nitrogens with zero attached hydrogens (tertiary/aromatic N) is 3. The molecular formula is C15H18N4OS. The lowest BCUT2D eigenvalue weighted by Gasteiger charge is -2.15. The summed E-state index contributed by atoms with van der Waals surface area (Å²) in [6.45, 7) is 2.25. The molecular weight excluding hydrogens is 284 g/mol. The lowest BCUT2D eigenvalue weighted by atomic mass is 10.2. The fourth-order valence-corrected chi connectivity index (χ4v) is 2.60. The van der Waals surface area contributed by atoms with Crippen molar-refractivity contribution < 1.29 is 4.74 Å². The molecule has 1 aromatic heterocycles. The number of methoxy groups -OCH3 is 1. The number of anilines is 2. The second-order valence-corrected chi connectivity index (χ2v) is 5.35. The van der Waals surface area contributed by atoms with Gasteiger partial charge in [0.15, 0.2) is 5.13 Å². The Labute approximate surface area is 128 Å². The first-order valence-corrected chi connectivity index (χ1v) is 7.50. The van der Waals surface area contributed by atoms with Gasteiger partial charge in [0.25, 0.3) is 0 Å². The molecule has 2 aromatic rings. The lowest BCUT2D eigenvalue weighted by molar-refractivity contribution is 0.199. The molecule has 21 heavy (non-hydrogen) atoms. The largest absolute Gasteiger partial charge is 0.383 e. The summed E-state index contributed by atoms with van der Waals surface area (Å²) < 4.78 is 4.99. The van der Waals surface area contributed by atoms with Crippen molar-refractivity contribution in [2.45, 2.75) is 6.54 Å². The molecule has 110 valence electrons. The number of nitrogens with one attached hydrogen (secondary N) is 1. The van der Waals surface area contributed by atoms with Crippen LogP contribution in [0.2, 0.25) is 0 Å². The second kappa shape index (κ2) is 7.74. The predicted molar refractivity (Wildman–Crippen MR) is 84.9 cm³/mol. The molecule has 0 unspecified atom stereocenters. The third kappa shape index (κ3) is 4.26. The summed E-state index contributed by atoms with van der Waals surface area (Å²) in [5.41, 5.74) is 2.70. The van der Waals surface area contributed by atoms with Crippen molar-refractivity contribution in [3.63, 3.8) is 0 Å². The van der Waals surface area contributed by atoms with Gasteiger partial charge in [0, 0.05) is 38.3 Å². The van der Waals surface area contributed by atoms with Gasteiger partial charge in [0.05, 0.1) is 23.9 Å². The van der Waals surface area contributed by atoms with E-state index in [-0.39, 0.29) is 0 Å². The quantitative estimate of drug-likeness (QED) is 0.796. The molecule has 0 aliphatic heterocycles. The molecule has 0 bridgehead atoms. The Balaban J connectivity index is 1.97. The number of benzene rings is 1. The predicted octanol–water partition coefficient (Wildman–Crippen LogP) is 2.52. The highest BCUT2D eigenvalue weighted by molar-refractivity contribution is 7.13. The first-order chi connectivity index (χ1) is 10.2. The molecule has 0 atom stereocenters. The lowest BCUT2D eigenvalue weighted by Crippen LogP contribution is -2.18. The Morgan fingerprint density at radius 2 is 2.14 bits per heavy atom. The first-order valence-electron chi connectivity index (χ1n) is 6.62. The van der Waals surface area contributed by atoms with Crippen LogP contribution in [0.5, 0.6) is 0 Å². The van der Waals surface area contributed by atoms with Crippen LogP contribution in [0.4, 0.5) is 10.8 Å². The van der Waals surface area contributed by atoms with Crippen LogP contribution >= 0.6 is 11.3 Å². The Bertz CT molecular complexity index is 603. The number of rotatable bonds is 7. The zero-order valence-corrected chi connectivity index (χ0v) is 13.0. The van der Waals surface area contributed by atoms with Crippen LogP contribution in [0.3, 0.4) is 0 Å².